The van der Waals surface area contributed by atoms with Crippen molar-refractivity contribution in [3.63, 3.8) is 0 Å². The SMILES string of the molecule is CCCCCCC/C=C/CC/C=C/[C@@H](O)[C@H](COP(=O)(O)OCC[N+](C)(C)C)NC(=O)CCCCCCCCCCCCCCCCC. The predicted molar refractivity (Wildman–Crippen MR) is 203 cm³/mol. The van der Waals surface area contributed by atoms with Crippen molar-refractivity contribution in [2.75, 3.05) is 40.9 Å². The second-order valence-electron chi connectivity index (χ2n) is 14.7. The molecule has 0 saturated heterocycles. The number of carbonyl (C=O) groups excluding carboxylic acids is 1. The van der Waals surface area contributed by atoms with Crippen LogP contribution in [-0.4, -0.2) is 73.4 Å². The first kappa shape index (κ1) is 47.0. The zero-order valence-electron chi connectivity index (χ0n) is 32.0. The van der Waals surface area contributed by atoms with Gasteiger partial charge in [-0.3, -0.25) is 13.8 Å². The van der Waals surface area contributed by atoms with E-state index in [1.165, 1.54) is 109 Å². The number of aliphatic hydroxyl groups is 1. The van der Waals surface area contributed by atoms with E-state index in [0.29, 0.717) is 17.4 Å². The first-order valence-electron chi connectivity index (χ1n) is 19.7. The first-order chi connectivity index (χ1) is 23.0. The average Bonchev–Trinajstić information content (AvgIpc) is 3.02. The molecular weight excluding hydrogens is 623 g/mol. The second kappa shape index (κ2) is 31.9. The molecule has 0 aromatic carbocycles. The van der Waals surface area contributed by atoms with Crippen molar-refractivity contribution >= 4 is 13.7 Å². The molecule has 0 bridgehead atoms. The number of hydrogen-bond acceptors (Lipinski definition) is 5. The summed E-state index contributed by atoms with van der Waals surface area (Å²) in [6.45, 7) is 4.75. The van der Waals surface area contributed by atoms with Crippen molar-refractivity contribution in [1.82, 2.24) is 5.32 Å². The zero-order valence-corrected chi connectivity index (χ0v) is 32.9. The minimum absolute atomic E-state index is 0.0577. The number of carbonyl (C=O) groups is 1. The van der Waals surface area contributed by atoms with Crippen LogP contribution >= 0.6 is 7.82 Å². The summed E-state index contributed by atoms with van der Waals surface area (Å²) in [4.78, 5) is 23.0. The number of aliphatic hydroxyl groups excluding tert-OH is 1. The molecule has 0 saturated carbocycles. The zero-order chi connectivity index (χ0) is 35.8. The molecule has 0 heterocycles. The molecule has 0 aromatic rings. The summed E-state index contributed by atoms with van der Waals surface area (Å²) in [6.07, 6.45) is 35.3. The second-order valence-corrected chi connectivity index (χ2v) is 16.1. The molecule has 0 aliphatic carbocycles. The van der Waals surface area contributed by atoms with E-state index in [4.69, 9.17) is 9.05 Å². The molecule has 0 aliphatic rings. The highest BCUT2D eigenvalue weighted by atomic mass is 31.2. The maximum absolute atomic E-state index is 12.8. The Labute approximate surface area is 296 Å². The number of nitrogens with zero attached hydrogens (tertiary/aromatic N) is 1. The molecule has 0 spiro atoms. The van der Waals surface area contributed by atoms with Crippen LogP contribution in [0.4, 0.5) is 0 Å². The van der Waals surface area contributed by atoms with Gasteiger partial charge in [-0.15, -0.1) is 0 Å². The average molecular weight is 702 g/mol. The fourth-order valence-electron chi connectivity index (χ4n) is 5.47. The molecule has 0 aromatic heterocycles. The molecule has 0 rings (SSSR count). The highest BCUT2D eigenvalue weighted by molar-refractivity contribution is 7.47. The number of phosphoric acid groups is 1. The summed E-state index contributed by atoms with van der Waals surface area (Å²) >= 11 is 0. The maximum Gasteiger partial charge on any atom is 0.472 e. The third-order valence-electron chi connectivity index (χ3n) is 8.67. The van der Waals surface area contributed by atoms with Gasteiger partial charge in [0.1, 0.15) is 13.2 Å². The summed E-state index contributed by atoms with van der Waals surface area (Å²) < 4.78 is 23.4. The van der Waals surface area contributed by atoms with Crippen LogP contribution in [0.3, 0.4) is 0 Å². The van der Waals surface area contributed by atoms with Crippen molar-refractivity contribution in [3.8, 4) is 0 Å². The largest absolute Gasteiger partial charge is 0.472 e. The Morgan fingerprint density at radius 2 is 1.15 bits per heavy atom. The maximum atomic E-state index is 12.8. The van der Waals surface area contributed by atoms with Gasteiger partial charge in [-0.05, 0) is 32.1 Å². The molecule has 1 unspecified atom stereocenters. The Balaban J connectivity index is 4.51. The first-order valence-corrected chi connectivity index (χ1v) is 21.2. The van der Waals surface area contributed by atoms with Gasteiger partial charge in [-0.1, -0.05) is 154 Å². The molecule has 8 nitrogen and oxygen atoms in total. The third kappa shape index (κ3) is 33.5. The number of allylic oxidation sites excluding steroid dienone is 3. The van der Waals surface area contributed by atoms with E-state index in [-0.39, 0.29) is 19.1 Å². The fourth-order valence-corrected chi connectivity index (χ4v) is 6.20. The van der Waals surface area contributed by atoms with Crippen molar-refractivity contribution in [2.24, 2.45) is 0 Å². The number of quaternary nitrogens is 1. The molecule has 284 valence electrons. The monoisotopic (exact) mass is 702 g/mol. The Hall–Kier alpha value is -1.02. The van der Waals surface area contributed by atoms with Crippen molar-refractivity contribution < 1.29 is 32.9 Å². The molecule has 0 fully saturated rings. The van der Waals surface area contributed by atoms with E-state index in [1.807, 2.05) is 27.2 Å². The fraction of sp³-hybridized carbons (Fsp3) is 0.872. The Morgan fingerprint density at radius 3 is 1.67 bits per heavy atom. The van der Waals surface area contributed by atoms with Crippen LogP contribution in [0.15, 0.2) is 24.3 Å². The molecule has 9 heteroatoms. The van der Waals surface area contributed by atoms with Gasteiger partial charge in [0, 0.05) is 6.42 Å². The molecule has 1 amide bonds. The standard InChI is InChI=1S/C39H77N2O6P/c1-6-8-10-12-14-16-18-19-20-21-23-25-27-29-31-33-39(43)40-37(36-47-48(44,45)46-35-34-41(3,4)5)38(42)32-30-28-26-24-22-17-15-13-11-9-7-2/h22,24,30,32,37-38,42H,6-21,23,25-29,31,33-36H2,1-5H3,(H-,40,43,44,45)/p+1/b24-22+,32-30+/t37-,38+/m0/s1. The molecule has 3 N–H and O–H groups in total. The van der Waals surface area contributed by atoms with Crippen LogP contribution < -0.4 is 5.32 Å². The van der Waals surface area contributed by atoms with Gasteiger partial charge in [0.15, 0.2) is 0 Å². The van der Waals surface area contributed by atoms with Crippen molar-refractivity contribution in [3.05, 3.63) is 24.3 Å². The van der Waals surface area contributed by atoms with E-state index in [0.717, 1.165) is 38.5 Å². The number of hydrogen-bond donors (Lipinski definition) is 3. The van der Waals surface area contributed by atoms with Gasteiger partial charge in [-0.25, -0.2) is 4.57 Å². The molecular formula is C39H78N2O6P+. The van der Waals surface area contributed by atoms with Gasteiger partial charge in [0.2, 0.25) is 5.91 Å². The van der Waals surface area contributed by atoms with Gasteiger partial charge < -0.3 is 19.8 Å². The van der Waals surface area contributed by atoms with Crippen LogP contribution in [0.25, 0.3) is 0 Å². The van der Waals surface area contributed by atoms with Gasteiger partial charge in [0.25, 0.3) is 0 Å². The topological polar surface area (TPSA) is 105 Å². The summed E-state index contributed by atoms with van der Waals surface area (Å²) in [5, 5.41) is 13.7. The summed E-state index contributed by atoms with van der Waals surface area (Å²) in [6, 6.07) is -0.855. The van der Waals surface area contributed by atoms with Crippen LogP contribution in [0.1, 0.15) is 168 Å². The van der Waals surface area contributed by atoms with Gasteiger partial charge in [-0.2, -0.15) is 0 Å². The number of amides is 1. The number of nitrogens with one attached hydrogen (secondary N) is 1. The molecule has 48 heavy (non-hydrogen) atoms. The third-order valence-corrected chi connectivity index (χ3v) is 9.66. The molecule has 0 aliphatic heterocycles. The van der Waals surface area contributed by atoms with Crippen molar-refractivity contribution in [2.45, 2.75) is 180 Å². The molecule has 3 atom stereocenters. The van der Waals surface area contributed by atoms with E-state index in [2.05, 4.69) is 31.3 Å². The van der Waals surface area contributed by atoms with Crippen LogP contribution in [0, 0.1) is 0 Å². The lowest BCUT2D eigenvalue weighted by Crippen LogP contribution is -2.45. The molecule has 0 radical (unpaired) electrons. The normalized spacial score (nSPS) is 14.9. The minimum Gasteiger partial charge on any atom is -0.387 e. The number of unbranched alkanes of at least 4 members (excludes halogenated alkanes) is 20. The summed E-state index contributed by atoms with van der Waals surface area (Å²) in [5.41, 5.74) is 0. The Bertz CT molecular complexity index is 845. The van der Waals surface area contributed by atoms with E-state index in [9.17, 15) is 19.4 Å². The van der Waals surface area contributed by atoms with E-state index < -0.39 is 20.0 Å². The lowest BCUT2D eigenvalue weighted by atomic mass is 10.0. The summed E-state index contributed by atoms with van der Waals surface area (Å²) in [7, 11) is 1.56. The van der Waals surface area contributed by atoms with Crippen molar-refractivity contribution in [1.29, 1.82) is 0 Å². The highest BCUT2D eigenvalue weighted by Gasteiger charge is 2.27. The predicted octanol–water partition coefficient (Wildman–Crippen LogP) is 10.2. The quantitative estimate of drug-likeness (QED) is 0.0263. The highest BCUT2D eigenvalue weighted by Crippen LogP contribution is 2.43. The van der Waals surface area contributed by atoms with E-state index >= 15 is 0 Å². The van der Waals surface area contributed by atoms with Crippen LogP contribution in [0.2, 0.25) is 0 Å². The number of phosphoric ester groups is 1. The minimum atomic E-state index is -4.33. The Kier molecular flexibility index (Phi) is 31.2. The van der Waals surface area contributed by atoms with Crippen LogP contribution in [-0.2, 0) is 18.4 Å². The Morgan fingerprint density at radius 1 is 0.688 bits per heavy atom. The lowest BCUT2D eigenvalue weighted by Gasteiger charge is -2.25. The summed E-state index contributed by atoms with van der Waals surface area (Å²) in [5.74, 6) is -0.189. The number of rotatable bonds is 35. The van der Waals surface area contributed by atoms with Gasteiger partial charge in [0.05, 0.1) is 39.9 Å². The van der Waals surface area contributed by atoms with Gasteiger partial charge >= 0.3 is 7.82 Å². The smallest absolute Gasteiger partial charge is 0.387 e. The number of likely N-dealkylation sites (N-methyl/N-ethyl adjacent to an activating group) is 1. The van der Waals surface area contributed by atoms with Crippen LogP contribution in [0.5, 0.6) is 0 Å². The lowest BCUT2D eigenvalue weighted by molar-refractivity contribution is -0.870. The van der Waals surface area contributed by atoms with E-state index in [1.54, 1.807) is 6.08 Å².